The quantitative estimate of drug-likeness (QED) is 0.819. The summed E-state index contributed by atoms with van der Waals surface area (Å²) in [6, 6.07) is 2.18. The smallest absolute Gasteiger partial charge is 0.223 e. The number of aromatic nitrogens is 2. The largest absolute Gasteiger partial charge is 0.354 e. The molecule has 0 aliphatic carbocycles. The van der Waals surface area contributed by atoms with Crippen molar-refractivity contribution in [3.63, 3.8) is 0 Å². The topological polar surface area (TPSA) is 84.3 Å². The van der Waals surface area contributed by atoms with Crippen LogP contribution in [0.5, 0.6) is 0 Å². The molecular weight excluding hydrogens is 340 g/mol. The lowest BCUT2D eigenvalue weighted by Crippen LogP contribution is -2.45. The Labute approximate surface area is 149 Å². The minimum Gasteiger partial charge on any atom is -0.354 e. The zero-order chi connectivity index (χ0) is 18.0. The Balaban J connectivity index is 1.40. The molecule has 0 aromatic carbocycles. The first-order valence-corrected chi connectivity index (χ1v) is 10.9. The van der Waals surface area contributed by atoms with E-state index in [0.717, 1.165) is 43.7 Å². The Hall–Kier alpha value is -1.41. The molecule has 7 nitrogen and oxygen atoms in total. The molecule has 0 unspecified atom stereocenters. The summed E-state index contributed by atoms with van der Waals surface area (Å²) in [5.74, 6) is 0.742. The third kappa shape index (κ3) is 4.61. The SMILES string of the molecule is Cc1cc(C)n(CCNC(=O)C2CCN([C@H]3CCS(=O)(=O)C3)CC2)n1. The van der Waals surface area contributed by atoms with E-state index in [-0.39, 0.29) is 23.6 Å². The number of hydrogen-bond donors (Lipinski definition) is 1. The lowest BCUT2D eigenvalue weighted by atomic mass is 9.94. The molecule has 3 heterocycles. The summed E-state index contributed by atoms with van der Waals surface area (Å²) < 4.78 is 25.2. The standard InChI is InChI=1S/C17H28N4O3S/c1-13-11-14(2)21(19-13)9-6-18-17(22)15-3-7-20(8-4-15)16-5-10-25(23,24)12-16/h11,15-16H,3-10,12H2,1-2H3,(H,18,22)/t16-/m0/s1. The van der Waals surface area contributed by atoms with Crippen LogP contribution < -0.4 is 5.32 Å². The van der Waals surface area contributed by atoms with Gasteiger partial charge in [0, 0.05) is 24.2 Å². The fourth-order valence-electron chi connectivity index (χ4n) is 3.92. The molecule has 1 atom stereocenters. The van der Waals surface area contributed by atoms with Crippen LogP contribution in [0.1, 0.15) is 30.7 Å². The molecule has 25 heavy (non-hydrogen) atoms. The lowest BCUT2D eigenvalue weighted by Gasteiger charge is -2.34. The number of hydrogen-bond acceptors (Lipinski definition) is 5. The maximum Gasteiger partial charge on any atom is 0.223 e. The average Bonchev–Trinajstić information content (AvgIpc) is 3.09. The molecule has 0 spiro atoms. The Morgan fingerprint density at radius 1 is 1.28 bits per heavy atom. The number of sulfone groups is 1. The van der Waals surface area contributed by atoms with E-state index >= 15 is 0 Å². The lowest BCUT2D eigenvalue weighted by molar-refractivity contribution is -0.126. The van der Waals surface area contributed by atoms with E-state index in [0.29, 0.717) is 18.8 Å². The molecular formula is C17H28N4O3S. The van der Waals surface area contributed by atoms with Crippen molar-refractivity contribution in [2.24, 2.45) is 5.92 Å². The van der Waals surface area contributed by atoms with Gasteiger partial charge in [-0.1, -0.05) is 0 Å². The highest BCUT2D eigenvalue weighted by Crippen LogP contribution is 2.24. The van der Waals surface area contributed by atoms with Crippen molar-refractivity contribution in [1.82, 2.24) is 20.0 Å². The fourth-order valence-corrected chi connectivity index (χ4v) is 5.68. The van der Waals surface area contributed by atoms with Crippen molar-refractivity contribution >= 4 is 15.7 Å². The summed E-state index contributed by atoms with van der Waals surface area (Å²) in [6.45, 7) is 6.88. The molecule has 140 valence electrons. The summed E-state index contributed by atoms with van der Waals surface area (Å²) in [7, 11) is -2.84. The summed E-state index contributed by atoms with van der Waals surface area (Å²) in [5, 5.41) is 7.42. The van der Waals surface area contributed by atoms with E-state index in [4.69, 9.17) is 0 Å². The predicted molar refractivity (Wildman–Crippen MR) is 96.1 cm³/mol. The van der Waals surface area contributed by atoms with Gasteiger partial charge in [-0.25, -0.2) is 8.42 Å². The first-order valence-electron chi connectivity index (χ1n) is 9.07. The van der Waals surface area contributed by atoms with Gasteiger partial charge in [0.2, 0.25) is 5.91 Å². The molecule has 0 bridgehead atoms. The van der Waals surface area contributed by atoms with E-state index in [1.807, 2.05) is 24.6 Å². The summed E-state index contributed by atoms with van der Waals surface area (Å²) in [6.07, 6.45) is 2.35. The normalized spacial score (nSPS) is 24.5. The Kier molecular flexibility index (Phi) is 5.48. The molecule has 0 radical (unpaired) electrons. The Morgan fingerprint density at radius 2 is 2.00 bits per heavy atom. The van der Waals surface area contributed by atoms with Crippen LogP contribution >= 0.6 is 0 Å². The first-order chi connectivity index (χ1) is 11.8. The van der Waals surface area contributed by atoms with Crippen LogP contribution in [-0.4, -0.2) is 66.2 Å². The number of aryl methyl sites for hydroxylation is 2. The van der Waals surface area contributed by atoms with Crippen LogP contribution in [0.25, 0.3) is 0 Å². The maximum absolute atomic E-state index is 12.4. The van der Waals surface area contributed by atoms with Gasteiger partial charge in [-0.3, -0.25) is 14.4 Å². The monoisotopic (exact) mass is 368 g/mol. The van der Waals surface area contributed by atoms with Crippen LogP contribution in [0.4, 0.5) is 0 Å². The molecule has 2 fully saturated rings. The van der Waals surface area contributed by atoms with Crippen molar-refractivity contribution in [2.75, 3.05) is 31.1 Å². The van der Waals surface area contributed by atoms with Crippen molar-refractivity contribution in [1.29, 1.82) is 0 Å². The van der Waals surface area contributed by atoms with Gasteiger partial charge in [0.15, 0.2) is 9.84 Å². The maximum atomic E-state index is 12.4. The highest BCUT2D eigenvalue weighted by molar-refractivity contribution is 7.91. The second kappa shape index (κ2) is 7.45. The van der Waals surface area contributed by atoms with Crippen LogP contribution in [0, 0.1) is 19.8 Å². The number of carbonyl (C=O) groups is 1. The Bertz CT molecular complexity index is 720. The second-order valence-electron chi connectivity index (χ2n) is 7.31. The number of nitrogens with zero attached hydrogens (tertiary/aromatic N) is 3. The molecule has 1 aromatic rings. The molecule has 1 N–H and O–H groups in total. The predicted octanol–water partition coefficient (Wildman–Crippen LogP) is 0.515. The van der Waals surface area contributed by atoms with Gasteiger partial charge in [-0.2, -0.15) is 5.10 Å². The van der Waals surface area contributed by atoms with Crippen molar-refractivity contribution in [3.05, 3.63) is 17.5 Å². The van der Waals surface area contributed by atoms with Crippen LogP contribution in [0.2, 0.25) is 0 Å². The molecule has 2 aliphatic heterocycles. The van der Waals surface area contributed by atoms with Crippen LogP contribution in [0.3, 0.4) is 0 Å². The van der Waals surface area contributed by atoms with Crippen molar-refractivity contribution < 1.29 is 13.2 Å². The number of carbonyl (C=O) groups excluding carboxylic acids is 1. The van der Waals surface area contributed by atoms with Crippen LogP contribution in [0.15, 0.2) is 6.07 Å². The number of likely N-dealkylation sites (tertiary alicyclic amines) is 1. The zero-order valence-electron chi connectivity index (χ0n) is 15.1. The van der Waals surface area contributed by atoms with Gasteiger partial charge in [0.1, 0.15) is 0 Å². The second-order valence-corrected chi connectivity index (χ2v) is 9.54. The molecule has 3 rings (SSSR count). The highest BCUT2D eigenvalue weighted by atomic mass is 32.2. The van der Waals surface area contributed by atoms with Crippen LogP contribution in [-0.2, 0) is 21.2 Å². The summed E-state index contributed by atoms with van der Waals surface area (Å²) in [5.41, 5.74) is 2.09. The van der Waals surface area contributed by atoms with Gasteiger partial charge in [0.05, 0.1) is 23.7 Å². The van der Waals surface area contributed by atoms with E-state index in [2.05, 4.69) is 15.3 Å². The summed E-state index contributed by atoms with van der Waals surface area (Å²) in [4.78, 5) is 14.6. The van der Waals surface area contributed by atoms with Gasteiger partial charge < -0.3 is 5.32 Å². The third-order valence-electron chi connectivity index (χ3n) is 5.35. The molecule has 1 amide bonds. The van der Waals surface area contributed by atoms with Gasteiger partial charge >= 0.3 is 0 Å². The Morgan fingerprint density at radius 3 is 2.56 bits per heavy atom. The molecule has 0 saturated carbocycles. The third-order valence-corrected chi connectivity index (χ3v) is 7.10. The minimum absolute atomic E-state index is 0.0368. The van der Waals surface area contributed by atoms with E-state index in [9.17, 15) is 13.2 Å². The average molecular weight is 369 g/mol. The highest BCUT2D eigenvalue weighted by Gasteiger charge is 2.35. The first kappa shape index (κ1) is 18.4. The van der Waals surface area contributed by atoms with E-state index < -0.39 is 9.84 Å². The van der Waals surface area contributed by atoms with Gasteiger partial charge in [0.25, 0.3) is 0 Å². The number of amides is 1. The number of piperidine rings is 1. The van der Waals surface area contributed by atoms with Gasteiger partial charge in [-0.15, -0.1) is 0 Å². The van der Waals surface area contributed by atoms with E-state index in [1.54, 1.807) is 0 Å². The number of rotatable bonds is 5. The van der Waals surface area contributed by atoms with Crippen molar-refractivity contribution in [3.8, 4) is 0 Å². The van der Waals surface area contributed by atoms with E-state index in [1.165, 1.54) is 0 Å². The summed E-state index contributed by atoms with van der Waals surface area (Å²) >= 11 is 0. The molecule has 1 aromatic heterocycles. The molecule has 2 aliphatic rings. The minimum atomic E-state index is -2.84. The van der Waals surface area contributed by atoms with Crippen molar-refractivity contribution in [2.45, 2.75) is 45.7 Å². The van der Waals surface area contributed by atoms with Gasteiger partial charge in [-0.05, 0) is 52.3 Å². The zero-order valence-corrected chi connectivity index (χ0v) is 15.9. The fraction of sp³-hybridized carbons (Fsp3) is 0.765. The molecule has 8 heteroatoms. The molecule has 2 saturated heterocycles. The number of nitrogens with one attached hydrogen (secondary N) is 1.